The Morgan fingerprint density at radius 2 is 1.81 bits per heavy atom. The van der Waals surface area contributed by atoms with Crippen molar-refractivity contribution in [2.45, 2.75) is 18.8 Å². The van der Waals surface area contributed by atoms with E-state index in [0.717, 1.165) is 16.9 Å². The second-order valence-corrected chi connectivity index (χ2v) is 6.26. The zero-order valence-electron chi connectivity index (χ0n) is 14.6. The number of amides is 2. The molecule has 0 saturated carbocycles. The summed E-state index contributed by atoms with van der Waals surface area (Å²) < 4.78 is 5.59. The van der Waals surface area contributed by atoms with Crippen LogP contribution in [-0.4, -0.2) is 36.0 Å². The third-order valence-corrected chi connectivity index (χ3v) is 4.30. The second-order valence-electron chi connectivity index (χ2n) is 6.26. The van der Waals surface area contributed by atoms with E-state index in [9.17, 15) is 14.4 Å². The van der Waals surface area contributed by atoms with E-state index < -0.39 is 12.5 Å². The Morgan fingerprint density at radius 1 is 1.07 bits per heavy atom. The molecular weight excluding hydrogens is 348 g/mol. The maximum atomic E-state index is 12.7. The molecule has 0 fully saturated rings. The quantitative estimate of drug-likeness (QED) is 0.723. The Kier molecular flexibility index (Phi) is 5.71. The molecule has 0 spiro atoms. The van der Waals surface area contributed by atoms with E-state index in [1.165, 1.54) is 0 Å². The number of aliphatic carboxylic acids is 1. The number of hydrogen-bond acceptors (Lipinski definition) is 4. The molecule has 1 atom stereocenters. The van der Waals surface area contributed by atoms with Gasteiger partial charge >= 0.3 is 5.97 Å². The standard InChI is InChI=1S/C20H20N2O5/c23-18(21-12-19(24)25)11-13-5-7-14(8-6-13)22-20(26)16-9-10-27-17-4-2-1-3-15(16)17/h1-8,16H,9-12H2,(H,21,23)(H,22,26)(H,24,25). The van der Waals surface area contributed by atoms with E-state index in [4.69, 9.17) is 9.84 Å². The molecule has 1 unspecified atom stereocenters. The van der Waals surface area contributed by atoms with Crippen LogP contribution in [0.5, 0.6) is 5.75 Å². The van der Waals surface area contributed by atoms with Crippen molar-refractivity contribution in [1.82, 2.24) is 5.32 Å². The summed E-state index contributed by atoms with van der Waals surface area (Å²) in [6.07, 6.45) is 0.694. The highest BCUT2D eigenvalue weighted by Crippen LogP contribution is 2.34. The molecule has 0 saturated heterocycles. The number of carboxylic acids is 1. The van der Waals surface area contributed by atoms with Gasteiger partial charge in [-0.3, -0.25) is 14.4 Å². The molecule has 3 rings (SSSR count). The Bertz CT molecular complexity index is 848. The zero-order valence-corrected chi connectivity index (χ0v) is 14.6. The Morgan fingerprint density at radius 3 is 2.56 bits per heavy atom. The summed E-state index contributed by atoms with van der Waals surface area (Å²) in [5.41, 5.74) is 2.25. The van der Waals surface area contributed by atoms with Crippen LogP contribution in [0.4, 0.5) is 5.69 Å². The number of fused-ring (bicyclic) bond motifs is 1. The van der Waals surface area contributed by atoms with Crippen LogP contribution in [0.1, 0.15) is 23.5 Å². The number of benzene rings is 2. The lowest BCUT2D eigenvalue weighted by molar-refractivity contribution is -0.137. The number of para-hydroxylation sites is 1. The van der Waals surface area contributed by atoms with Crippen molar-refractivity contribution in [3.05, 3.63) is 59.7 Å². The first-order valence-electron chi connectivity index (χ1n) is 8.63. The number of anilines is 1. The van der Waals surface area contributed by atoms with Gasteiger partial charge in [0.1, 0.15) is 12.3 Å². The van der Waals surface area contributed by atoms with Crippen molar-refractivity contribution in [1.29, 1.82) is 0 Å². The van der Waals surface area contributed by atoms with Crippen molar-refractivity contribution < 1.29 is 24.2 Å². The lowest BCUT2D eigenvalue weighted by Crippen LogP contribution is -2.30. The molecule has 2 amide bonds. The summed E-state index contributed by atoms with van der Waals surface area (Å²) in [5, 5.41) is 13.8. The smallest absolute Gasteiger partial charge is 0.322 e. The molecule has 3 N–H and O–H groups in total. The first kappa shape index (κ1) is 18.4. The van der Waals surface area contributed by atoms with Gasteiger partial charge in [-0.05, 0) is 30.2 Å². The fourth-order valence-electron chi connectivity index (χ4n) is 2.97. The summed E-state index contributed by atoms with van der Waals surface area (Å²) in [6, 6.07) is 14.4. The molecule has 2 aromatic rings. The fourth-order valence-corrected chi connectivity index (χ4v) is 2.97. The Hall–Kier alpha value is -3.35. The summed E-state index contributed by atoms with van der Waals surface area (Å²) in [7, 11) is 0. The molecule has 1 aliphatic rings. The van der Waals surface area contributed by atoms with E-state index >= 15 is 0 Å². The zero-order chi connectivity index (χ0) is 19.2. The maximum absolute atomic E-state index is 12.7. The van der Waals surface area contributed by atoms with Crippen LogP contribution in [-0.2, 0) is 20.8 Å². The molecule has 0 bridgehead atoms. The van der Waals surface area contributed by atoms with Gasteiger partial charge in [0.25, 0.3) is 0 Å². The van der Waals surface area contributed by atoms with Gasteiger partial charge in [0, 0.05) is 11.3 Å². The van der Waals surface area contributed by atoms with Crippen LogP contribution >= 0.6 is 0 Å². The van der Waals surface area contributed by atoms with Gasteiger partial charge in [-0.15, -0.1) is 0 Å². The topological polar surface area (TPSA) is 105 Å². The highest BCUT2D eigenvalue weighted by molar-refractivity contribution is 5.96. The number of nitrogens with one attached hydrogen (secondary N) is 2. The van der Waals surface area contributed by atoms with Crippen LogP contribution in [0.2, 0.25) is 0 Å². The van der Waals surface area contributed by atoms with E-state index in [1.54, 1.807) is 24.3 Å². The number of ether oxygens (including phenoxy) is 1. The van der Waals surface area contributed by atoms with Crippen molar-refractivity contribution in [3.8, 4) is 5.75 Å². The lowest BCUT2D eigenvalue weighted by Gasteiger charge is -2.25. The third kappa shape index (κ3) is 4.84. The number of rotatable bonds is 6. The molecule has 1 aliphatic heterocycles. The normalized spacial score (nSPS) is 15.2. The Balaban J connectivity index is 1.59. The summed E-state index contributed by atoms with van der Waals surface area (Å²) in [5.74, 6) is -1.08. The Labute approximate surface area is 156 Å². The highest BCUT2D eigenvalue weighted by atomic mass is 16.5. The molecule has 1 heterocycles. The van der Waals surface area contributed by atoms with Gasteiger partial charge in [0.15, 0.2) is 0 Å². The molecule has 0 aromatic heterocycles. The maximum Gasteiger partial charge on any atom is 0.322 e. The van der Waals surface area contributed by atoms with Crippen LogP contribution in [0, 0.1) is 0 Å². The molecule has 140 valence electrons. The summed E-state index contributed by atoms with van der Waals surface area (Å²) in [4.78, 5) is 34.8. The highest BCUT2D eigenvalue weighted by Gasteiger charge is 2.27. The largest absolute Gasteiger partial charge is 0.493 e. The minimum atomic E-state index is -1.09. The SMILES string of the molecule is O=C(O)CNC(=O)Cc1ccc(NC(=O)C2CCOc3ccccc32)cc1. The lowest BCUT2D eigenvalue weighted by atomic mass is 9.92. The second kappa shape index (κ2) is 8.35. The van der Waals surface area contributed by atoms with Gasteiger partial charge in [-0.25, -0.2) is 0 Å². The molecule has 2 aromatic carbocycles. The third-order valence-electron chi connectivity index (χ3n) is 4.30. The van der Waals surface area contributed by atoms with Crippen molar-refractivity contribution in [3.63, 3.8) is 0 Å². The predicted molar refractivity (Wildman–Crippen MR) is 98.7 cm³/mol. The molecule has 0 radical (unpaired) electrons. The van der Waals surface area contributed by atoms with Gasteiger partial charge in [0.2, 0.25) is 11.8 Å². The van der Waals surface area contributed by atoms with Gasteiger partial charge in [0.05, 0.1) is 18.9 Å². The van der Waals surface area contributed by atoms with E-state index in [1.807, 2.05) is 24.3 Å². The monoisotopic (exact) mass is 368 g/mol. The number of carboxylic acid groups (broad SMARTS) is 1. The predicted octanol–water partition coefficient (Wildman–Crippen LogP) is 1.93. The van der Waals surface area contributed by atoms with Gasteiger partial charge in [-0.1, -0.05) is 30.3 Å². The fraction of sp³-hybridized carbons (Fsp3) is 0.250. The van der Waals surface area contributed by atoms with Crippen molar-refractivity contribution in [2.75, 3.05) is 18.5 Å². The van der Waals surface area contributed by atoms with Crippen LogP contribution in [0.15, 0.2) is 48.5 Å². The number of carbonyl (C=O) groups excluding carboxylic acids is 2. The average Bonchev–Trinajstić information content (AvgIpc) is 2.67. The van der Waals surface area contributed by atoms with Crippen molar-refractivity contribution >= 4 is 23.5 Å². The molecule has 27 heavy (non-hydrogen) atoms. The molecule has 0 aliphatic carbocycles. The van der Waals surface area contributed by atoms with Crippen molar-refractivity contribution in [2.24, 2.45) is 0 Å². The average molecular weight is 368 g/mol. The number of carbonyl (C=O) groups is 3. The first-order chi connectivity index (χ1) is 13.0. The van der Waals surface area contributed by atoms with E-state index in [0.29, 0.717) is 18.7 Å². The molecule has 7 nitrogen and oxygen atoms in total. The minimum absolute atomic E-state index is 0.0782. The van der Waals surface area contributed by atoms with Crippen LogP contribution < -0.4 is 15.4 Å². The number of hydrogen-bond donors (Lipinski definition) is 3. The minimum Gasteiger partial charge on any atom is -0.493 e. The van der Waals surface area contributed by atoms with Gasteiger partial charge in [-0.2, -0.15) is 0 Å². The van der Waals surface area contributed by atoms with Gasteiger partial charge < -0.3 is 20.5 Å². The van der Waals surface area contributed by atoms with Crippen LogP contribution in [0.25, 0.3) is 0 Å². The van der Waals surface area contributed by atoms with E-state index in [-0.39, 0.29) is 24.2 Å². The summed E-state index contributed by atoms with van der Waals surface area (Å²) >= 11 is 0. The molecular formula is C20H20N2O5. The molecule has 7 heteroatoms. The van der Waals surface area contributed by atoms with E-state index in [2.05, 4.69) is 10.6 Å². The van der Waals surface area contributed by atoms with Crippen LogP contribution in [0.3, 0.4) is 0 Å². The first-order valence-corrected chi connectivity index (χ1v) is 8.63. The summed E-state index contributed by atoms with van der Waals surface area (Å²) in [6.45, 7) is 0.0963.